The summed E-state index contributed by atoms with van der Waals surface area (Å²) in [4.78, 5) is 18.9. The lowest BCUT2D eigenvalue weighted by Crippen LogP contribution is -2.48. The highest BCUT2D eigenvalue weighted by Crippen LogP contribution is 2.36. The fraction of sp³-hybridized carbons (Fsp3) is 0.500. The summed E-state index contributed by atoms with van der Waals surface area (Å²) < 4.78 is 0. The van der Waals surface area contributed by atoms with Crippen molar-refractivity contribution in [3.8, 4) is 11.8 Å². The van der Waals surface area contributed by atoms with Crippen LogP contribution in [-0.4, -0.2) is 50.8 Å². The number of hydrogen-bond donors (Lipinski definition) is 2. The lowest BCUT2D eigenvalue weighted by molar-refractivity contribution is 0.0282. The van der Waals surface area contributed by atoms with Gasteiger partial charge in [-0.1, -0.05) is 11.8 Å². The number of pyridine rings is 1. The molecule has 0 saturated carbocycles. The summed E-state index contributed by atoms with van der Waals surface area (Å²) >= 11 is 0. The van der Waals surface area contributed by atoms with Crippen molar-refractivity contribution in [1.29, 1.82) is 0 Å². The van der Waals surface area contributed by atoms with Gasteiger partial charge in [0.05, 0.1) is 11.7 Å². The number of carbonyl (C=O) groups excluding carboxylic acids is 1. The summed E-state index contributed by atoms with van der Waals surface area (Å²) in [7, 11) is 0. The molecule has 5 nitrogen and oxygen atoms in total. The summed E-state index contributed by atoms with van der Waals surface area (Å²) in [6.45, 7) is -0.246. The fourth-order valence-electron chi connectivity index (χ4n) is 3.41. The lowest BCUT2D eigenvalue weighted by atomic mass is 9.99. The molecule has 3 heterocycles. The average Bonchev–Trinajstić information content (AvgIpc) is 2.76. The standard InChI is InChI=1S/C16H18N2O3/c19-8-2-4-11-3-1-7-17-15(11)16(21)18-12-5-6-13(18)10-14(20)9-12/h1,3,7,12-14,19-20H,5-6,8-10H2. The Kier molecular flexibility index (Phi) is 3.91. The molecule has 0 radical (unpaired) electrons. The van der Waals surface area contributed by atoms with Crippen LogP contribution in [0.25, 0.3) is 0 Å². The minimum Gasteiger partial charge on any atom is -0.393 e. The second kappa shape index (κ2) is 5.84. The number of piperidine rings is 1. The van der Waals surface area contributed by atoms with E-state index >= 15 is 0 Å². The zero-order chi connectivity index (χ0) is 14.8. The predicted octanol–water partition coefficient (Wildman–Crippen LogP) is 0.553. The van der Waals surface area contributed by atoms with Crippen molar-refractivity contribution in [3.05, 3.63) is 29.6 Å². The van der Waals surface area contributed by atoms with Crippen LogP contribution >= 0.6 is 0 Å². The number of carbonyl (C=O) groups is 1. The zero-order valence-corrected chi connectivity index (χ0v) is 11.7. The number of rotatable bonds is 1. The van der Waals surface area contributed by atoms with E-state index in [9.17, 15) is 9.90 Å². The van der Waals surface area contributed by atoms with E-state index < -0.39 is 0 Å². The maximum atomic E-state index is 12.8. The van der Waals surface area contributed by atoms with Gasteiger partial charge in [0, 0.05) is 18.3 Å². The maximum absolute atomic E-state index is 12.8. The molecular weight excluding hydrogens is 268 g/mol. The van der Waals surface area contributed by atoms with Crippen LogP contribution in [0.15, 0.2) is 18.3 Å². The van der Waals surface area contributed by atoms with Gasteiger partial charge in [-0.05, 0) is 37.8 Å². The zero-order valence-electron chi connectivity index (χ0n) is 11.7. The first kappa shape index (κ1) is 14.1. The number of hydrogen-bond acceptors (Lipinski definition) is 4. The molecule has 2 aliphatic heterocycles. The molecule has 2 aliphatic rings. The highest BCUT2D eigenvalue weighted by molar-refractivity contribution is 5.95. The monoisotopic (exact) mass is 286 g/mol. The average molecular weight is 286 g/mol. The quantitative estimate of drug-likeness (QED) is 0.740. The van der Waals surface area contributed by atoms with E-state index in [0.717, 1.165) is 12.8 Å². The molecule has 0 spiro atoms. The molecule has 1 amide bonds. The van der Waals surface area contributed by atoms with Gasteiger partial charge in [0.25, 0.3) is 5.91 Å². The van der Waals surface area contributed by atoms with Crippen molar-refractivity contribution in [2.24, 2.45) is 0 Å². The number of aliphatic hydroxyl groups excluding tert-OH is 2. The van der Waals surface area contributed by atoms with E-state index in [1.165, 1.54) is 0 Å². The van der Waals surface area contributed by atoms with Gasteiger partial charge in [0.15, 0.2) is 0 Å². The smallest absolute Gasteiger partial charge is 0.274 e. The van der Waals surface area contributed by atoms with E-state index in [-0.39, 0.29) is 30.7 Å². The fourth-order valence-corrected chi connectivity index (χ4v) is 3.41. The Morgan fingerprint density at radius 1 is 1.38 bits per heavy atom. The van der Waals surface area contributed by atoms with Gasteiger partial charge in [-0.15, -0.1) is 0 Å². The molecule has 2 bridgehead atoms. The third kappa shape index (κ3) is 2.65. The molecular formula is C16H18N2O3. The summed E-state index contributed by atoms with van der Waals surface area (Å²) in [6.07, 6.45) is 4.46. The molecule has 2 unspecified atom stereocenters. The van der Waals surface area contributed by atoms with Gasteiger partial charge >= 0.3 is 0 Å². The van der Waals surface area contributed by atoms with Gasteiger partial charge in [-0.25, -0.2) is 4.98 Å². The highest BCUT2D eigenvalue weighted by Gasteiger charge is 2.43. The minimum absolute atomic E-state index is 0.104. The number of amides is 1. The number of fused-ring (bicyclic) bond motifs is 2. The third-order valence-corrected chi connectivity index (χ3v) is 4.26. The van der Waals surface area contributed by atoms with Crippen molar-refractivity contribution >= 4 is 5.91 Å². The Morgan fingerprint density at radius 2 is 2.10 bits per heavy atom. The molecule has 0 aromatic carbocycles. The van der Waals surface area contributed by atoms with Crippen LogP contribution in [0.3, 0.4) is 0 Å². The Balaban J connectivity index is 1.90. The van der Waals surface area contributed by atoms with Gasteiger partial charge in [0.2, 0.25) is 0 Å². The Hall–Kier alpha value is -1.90. The Bertz CT molecular complexity index is 591. The molecule has 2 fully saturated rings. The van der Waals surface area contributed by atoms with Crippen molar-refractivity contribution in [2.45, 2.75) is 43.9 Å². The van der Waals surface area contributed by atoms with Crippen molar-refractivity contribution < 1.29 is 15.0 Å². The number of aromatic nitrogens is 1. The first-order valence-corrected chi connectivity index (χ1v) is 7.26. The predicted molar refractivity (Wildman–Crippen MR) is 76.4 cm³/mol. The van der Waals surface area contributed by atoms with Gasteiger partial charge < -0.3 is 15.1 Å². The van der Waals surface area contributed by atoms with E-state index in [4.69, 9.17) is 5.11 Å². The molecule has 21 heavy (non-hydrogen) atoms. The third-order valence-electron chi connectivity index (χ3n) is 4.26. The summed E-state index contributed by atoms with van der Waals surface area (Å²) in [5, 5.41) is 18.6. The first-order valence-electron chi connectivity index (χ1n) is 7.26. The Morgan fingerprint density at radius 3 is 2.76 bits per heavy atom. The van der Waals surface area contributed by atoms with Crippen LogP contribution in [0.4, 0.5) is 0 Å². The molecule has 5 heteroatoms. The normalized spacial score (nSPS) is 27.1. The van der Waals surface area contributed by atoms with E-state index in [2.05, 4.69) is 16.8 Å². The lowest BCUT2D eigenvalue weighted by Gasteiger charge is -2.37. The summed E-state index contributed by atoms with van der Waals surface area (Å²) in [5.74, 6) is 5.23. The van der Waals surface area contributed by atoms with Crippen LogP contribution in [0.1, 0.15) is 41.7 Å². The van der Waals surface area contributed by atoms with E-state index in [0.29, 0.717) is 24.1 Å². The highest BCUT2D eigenvalue weighted by atomic mass is 16.3. The number of aliphatic hydroxyl groups is 2. The van der Waals surface area contributed by atoms with Crippen molar-refractivity contribution in [2.75, 3.05) is 6.61 Å². The maximum Gasteiger partial charge on any atom is 0.274 e. The molecule has 1 aromatic rings. The van der Waals surface area contributed by atoms with E-state index in [1.807, 2.05) is 4.90 Å². The van der Waals surface area contributed by atoms with Crippen LogP contribution in [-0.2, 0) is 0 Å². The van der Waals surface area contributed by atoms with Gasteiger partial charge in [0.1, 0.15) is 12.3 Å². The molecule has 2 saturated heterocycles. The SMILES string of the molecule is O=C(c1ncccc1C#CCO)N1C2CCC1CC(O)C2. The van der Waals surface area contributed by atoms with Crippen LogP contribution in [0.2, 0.25) is 0 Å². The summed E-state index contributed by atoms with van der Waals surface area (Å²) in [5.41, 5.74) is 0.883. The van der Waals surface area contributed by atoms with Crippen LogP contribution < -0.4 is 0 Å². The van der Waals surface area contributed by atoms with Crippen LogP contribution in [0, 0.1) is 11.8 Å². The molecule has 0 aliphatic carbocycles. The topological polar surface area (TPSA) is 73.7 Å². The van der Waals surface area contributed by atoms with E-state index in [1.54, 1.807) is 18.3 Å². The molecule has 2 N–H and O–H groups in total. The van der Waals surface area contributed by atoms with Gasteiger partial charge in [-0.3, -0.25) is 4.79 Å². The molecule has 2 atom stereocenters. The second-order valence-corrected chi connectivity index (χ2v) is 5.58. The first-order chi connectivity index (χ1) is 10.2. The van der Waals surface area contributed by atoms with Crippen molar-refractivity contribution in [3.63, 3.8) is 0 Å². The Labute approximate surface area is 123 Å². The molecule has 110 valence electrons. The second-order valence-electron chi connectivity index (χ2n) is 5.58. The minimum atomic E-state index is -0.302. The number of nitrogens with zero attached hydrogens (tertiary/aromatic N) is 2. The van der Waals surface area contributed by atoms with Crippen molar-refractivity contribution in [1.82, 2.24) is 9.88 Å². The largest absolute Gasteiger partial charge is 0.393 e. The summed E-state index contributed by atoms with van der Waals surface area (Å²) in [6, 6.07) is 3.68. The molecule has 3 rings (SSSR count). The molecule has 1 aromatic heterocycles. The van der Waals surface area contributed by atoms with Gasteiger partial charge in [-0.2, -0.15) is 0 Å². The van der Waals surface area contributed by atoms with Crippen LogP contribution in [0.5, 0.6) is 0 Å².